The van der Waals surface area contributed by atoms with Crippen LogP contribution in [-0.2, 0) is 4.79 Å². The van der Waals surface area contributed by atoms with E-state index in [9.17, 15) is 9.59 Å². The van der Waals surface area contributed by atoms with Crippen LogP contribution in [0, 0.1) is 0 Å². The second kappa shape index (κ2) is 5.00. The maximum Gasteiger partial charge on any atom is 0.326 e. The molecule has 3 aliphatic rings. The third-order valence-corrected chi connectivity index (χ3v) is 4.71. The number of amides is 2. The van der Waals surface area contributed by atoms with Gasteiger partial charge in [-0.05, 0) is 38.6 Å². The Morgan fingerprint density at radius 1 is 1.05 bits per heavy atom. The molecule has 0 bridgehead atoms. The van der Waals surface area contributed by atoms with E-state index in [0.29, 0.717) is 19.0 Å². The number of carbonyl (C=O) groups is 2. The summed E-state index contributed by atoms with van der Waals surface area (Å²) in [5.41, 5.74) is 0. The number of carboxylic acid groups (broad SMARTS) is 1. The number of likely N-dealkylation sites (tertiary alicyclic amines) is 1. The van der Waals surface area contributed by atoms with Crippen molar-refractivity contribution in [2.24, 2.45) is 0 Å². The average molecular weight is 267 g/mol. The molecule has 3 saturated heterocycles. The molecule has 0 aliphatic carbocycles. The SMILES string of the molecule is O=C(O)[C@@H]1CCCN1C(=O)NC1CCN2CCCC12. The summed E-state index contributed by atoms with van der Waals surface area (Å²) in [6.07, 6.45) is 4.70. The van der Waals surface area contributed by atoms with Gasteiger partial charge >= 0.3 is 12.0 Å². The molecule has 0 aromatic heterocycles. The molecule has 106 valence electrons. The van der Waals surface area contributed by atoms with Crippen LogP contribution in [0.25, 0.3) is 0 Å². The number of urea groups is 1. The number of hydrogen-bond acceptors (Lipinski definition) is 3. The van der Waals surface area contributed by atoms with Gasteiger partial charge in [0, 0.05) is 25.2 Å². The summed E-state index contributed by atoms with van der Waals surface area (Å²) in [7, 11) is 0. The summed E-state index contributed by atoms with van der Waals surface area (Å²) in [6.45, 7) is 2.75. The quantitative estimate of drug-likeness (QED) is 0.763. The lowest BCUT2D eigenvalue weighted by Gasteiger charge is -2.26. The van der Waals surface area contributed by atoms with E-state index in [1.807, 2.05) is 0 Å². The van der Waals surface area contributed by atoms with Gasteiger partial charge in [-0.1, -0.05) is 0 Å². The Morgan fingerprint density at radius 3 is 2.63 bits per heavy atom. The van der Waals surface area contributed by atoms with Crippen LogP contribution in [0.2, 0.25) is 0 Å². The van der Waals surface area contributed by atoms with Gasteiger partial charge in [-0.25, -0.2) is 9.59 Å². The standard InChI is InChI=1S/C13H21N3O3/c17-12(18)11-4-2-7-16(11)13(19)14-9-5-8-15-6-1-3-10(9)15/h9-11H,1-8H2,(H,14,19)(H,17,18)/t9?,10?,11-/m0/s1. The fraction of sp³-hybridized carbons (Fsp3) is 0.846. The van der Waals surface area contributed by atoms with Crippen LogP contribution >= 0.6 is 0 Å². The van der Waals surface area contributed by atoms with E-state index in [0.717, 1.165) is 32.4 Å². The van der Waals surface area contributed by atoms with Gasteiger partial charge in [-0.3, -0.25) is 4.90 Å². The topological polar surface area (TPSA) is 72.9 Å². The summed E-state index contributed by atoms with van der Waals surface area (Å²) in [6, 6.07) is -0.162. The van der Waals surface area contributed by atoms with E-state index in [2.05, 4.69) is 10.2 Å². The van der Waals surface area contributed by atoms with Crippen molar-refractivity contribution in [3.8, 4) is 0 Å². The molecular formula is C13H21N3O3. The zero-order valence-corrected chi connectivity index (χ0v) is 11.0. The molecule has 0 aromatic carbocycles. The number of carboxylic acids is 1. The lowest BCUT2D eigenvalue weighted by Crippen LogP contribution is -2.51. The number of fused-ring (bicyclic) bond motifs is 1. The van der Waals surface area contributed by atoms with Crippen LogP contribution in [0.1, 0.15) is 32.1 Å². The third kappa shape index (κ3) is 2.29. The molecular weight excluding hydrogens is 246 g/mol. The van der Waals surface area contributed by atoms with Crippen molar-refractivity contribution >= 4 is 12.0 Å². The average Bonchev–Trinajstić information content (AvgIpc) is 3.04. The van der Waals surface area contributed by atoms with E-state index < -0.39 is 12.0 Å². The molecule has 6 nitrogen and oxygen atoms in total. The van der Waals surface area contributed by atoms with Gasteiger partial charge in [-0.2, -0.15) is 0 Å². The number of carbonyl (C=O) groups excluding carboxylic acids is 1. The number of rotatable bonds is 2. The molecule has 0 spiro atoms. The largest absolute Gasteiger partial charge is 0.480 e. The highest BCUT2D eigenvalue weighted by Gasteiger charge is 2.40. The van der Waals surface area contributed by atoms with Crippen LogP contribution in [0.4, 0.5) is 4.79 Å². The van der Waals surface area contributed by atoms with Crippen molar-refractivity contribution in [2.75, 3.05) is 19.6 Å². The second-order valence-electron chi connectivity index (χ2n) is 5.78. The maximum atomic E-state index is 12.2. The molecule has 2 N–H and O–H groups in total. The third-order valence-electron chi connectivity index (χ3n) is 4.71. The van der Waals surface area contributed by atoms with Crippen molar-refractivity contribution < 1.29 is 14.7 Å². The molecule has 2 unspecified atom stereocenters. The Balaban J connectivity index is 1.60. The molecule has 2 amide bonds. The lowest BCUT2D eigenvalue weighted by atomic mass is 10.1. The first-order chi connectivity index (χ1) is 9.16. The minimum absolute atomic E-state index is 0.191. The molecule has 0 aromatic rings. The van der Waals surface area contributed by atoms with Crippen molar-refractivity contribution in [1.82, 2.24) is 15.1 Å². The molecule has 3 rings (SSSR count). The van der Waals surface area contributed by atoms with E-state index in [1.54, 1.807) is 0 Å². The molecule has 0 saturated carbocycles. The predicted octanol–water partition coefficient (Wildman–Crippen LogP) is 0.482. The molecule has 0 radical (unpaired) electrons. The van der Waals surface area contributed by atoms with Crippen molar-refractivity contribution in [2.45, 2.75) is 50.2 Å². The van der Waals surface area contributed by atoms with Crippen molar-refractivity contribution in [1.29, 1.82) is 0 Å². The Hall–Kier alpha value is -1.30. The second-order valence-corrected chi connectivity index (χ2v) is 5.78. The van der Waals surface area contributed by atoms with Crippen LogP contribution in [0.15, 0.2) is 0 Å². The first-order valence-corrected chi connectivity index (χ1v) is 7.21. The van der Waals surface area contributed by atoms with Gasteiger partial charge in [0.15, 0.2) is 0 Å². The fourth-order valence-electron chi connectivity index (χ4n) is 3.76. The Bertz CT molecular complexity index is 387. The highest BCUT2D eigenvalue weighted by atomic mass is 16.4. The monoisotopic (exact) mass is 267 g/mol. The zero-order valence-electron chi connectivity index (χ0n) is 11.0. The predicted molar refractivity (Wildman–Crippen MR) is 68.9 cm³/mol. The molecule has 3 aliphatic heterocycles. The number of nitrogens with zero attached hydrogens (tertiary/aromatic N) is 2. The maximum absolute atomic E-state index is 12.2. The Labute approximate surface area is 112 Å². The number of hydrogen-bond donors (Lipinski definition) is 2. The van der Waals surface area contributed by atoms with E-state index in [-0.39, 0.29) is 12.1 Å². The summed E-state index contributed by atoms with van der Waals surface area (Å²) < 4.78 is 0. The summed E-state index contributed by atoms with van der Waals surface area (Å²) in [4.78, 5) is 27.3. The Kier molecular flexibility index (Phi) is 3.35. The highest BCUT2D eigenvalue weighted by Crippen LogP contribution is 2.28. The smallest absolute Gasteiger partial charge is 0.326 e. The highest BCUT2D eigenvalue weighted by molar-refractivity contribution is 5.83. The van der Waals surface area contributed by atoms with Crippen LogP contribution in [-0.4, -0.2) is 64.7 Å². The van der Waals surface area contributed by atoms with Crippen LogP contribution in [0.3, 0.4) is 0 Å². The van der Waals surface area contributed by atoms with Gasteiger partial charge in [0.05, 0.1) is 0 Å². The first-order valence-electron chi connectivity index (χ1n) is 7.21. The van der Waals surface area contributed by atoms with Gasteiger partial charge in [0.1, 0.15) is 6.04 Å². The van der Waals surface area contributed by atoms with E-state index in [1.165, 1.54) is 11.3 Å². The van der Waals surface area contributed by atoms with Crippen molar-refractivity contribution in [3.63, 3.8) is 0 Å². The fourth-order valence-corrected chi connectivity index (χ4v) is 3.76. The summed E-state index contributed by atoms with van der Waals surface area (Å²) in [5.74, 6) is -0.887. The zero-order chi connectivity index (χ0) is 13.4. The van der Waals surface area contributed by atoms with Gasteiger partial charge in [0.25, 0.3) is 0 Å². The van der Waals surface area contributed by atoms with E-state index >= 15 is 0 Å². The van der Waals surface area contributed by atoms with Crippen LogP contribution < -0.4 is 5.32 Å². The van der Waals surface area contributed by atoms with Gasteiger partial charge < -0.3 is 15.3 Å². The lowest BCUT2D eigenvalue weighted by molar-refractivity contribution is -0.141. The first kappa shape index (κ1) is 12.7. The minimum Gasteiger partial charge on any atom is -0.480 e. The molecule has 3 fully saturated rings. The molecule has 6 heteroatoms. The summed E-state index contributed by atoms with van der Waals surface area (Å²) in [5, 5.41) is 12.2. The molecule has 3 atom stereocenters. The van der Waals surface area contributed by atoms with Gasteiger partial charge in [0.2, 0.25) is 0 Å². The number of nitrogens with one attached hydrogen (secondary N) is 1. The van der Waals surface area contributed by atoms with Gasteiger partial charge in [-0.15, -0.1) is 0 Å². The van der Waals surface area contributed by atoms with Crippen molar-refractivity contribution in [3.05, 3.63) is 0 Å². The van der Waals surface area contributed by atoms with Crippen LogP contribution in [0.5, 0.6) is 0 Å². The normalized spacial score (nSPS) is 34.5. The van der Waals surface area contributed by atoms with E-state index in [4.69, 9.17) is 5.11 Å². The molecule has 19 heavy (non-hydrogen) atoms. The minimum atomic E-state index is -0.887. The Morgan fingerprint density at radius 2 is 1.84 bits per heavy atom. The number of aliphatic carboxylic acids is 1. The molecule has 3 heterocycles. The summed E-state index contributed by atoms with van der Waals surface area (Å²) >= 11 is 0.